The van der Waals surface area contributed by atoms with E-state index in [0.29, 0.717) is 0 Å². The molecular weight excluding hydrogens is 215 g/mol. The number of hydrogen-bond donors (Lipinski definition) is 0. The van der Waals surface area contributed by atoms with Crippen molar-refractivity contribution in [3.63, 3.8) is 0 Å². The predicted octanol–water partition coefficient (Wildman–Crippen LogP) is 0.166. The monoisotopic (exact) mass is 228 g/mol. The Kier molecular flexibility index (Phi) is 3.78. The average molecular weight is 228 g/mol. The van der Waals surface area contributed by atoms with Gasteiger partial charge in [0.25, 0.3) is 0 Å². The van der Waals surface area contributed by atoms with Gasteiger partial charge in [0.15, 0.2) is 0 Å². The normalized spacial score (nSPS) is 10.6. The molecule has 0 amide bonds. The van der Waals surface area contributed by atoms with Gasteiger partial charge < -0.3 is 5.11 Å². The van der Waals surface area contributed by atoms with Crippen molar-refractivity contribution in [1.29, 1.82) is 0 Å². The maximum Gasteiger partial charge on any atom is 1.00 e. The topological polar surface area (TPSA) is 23.1 Å². The fraction of sp³-hybridized carbons (Fsp3) is 0.125. The van der Waals surface area contributed by atoms with Crippen molar-refractivity contribution >= 4 is 21.5 Å². The Labute approximate surface area is 119 Å². The Morgan fingerprint density at radius 3 is 2.39 bits per heavy atom. The molecule has 0 N–H and O–H groups in total. The third-order valence-electron chi connectivity index (χ3n) is 3.27. The molecule has 0 aliphatic carbocycles. The van der Waals surface area contributed by atoms with Gasteiger partial charge in [0, 0.05) is 0 Å². The zero-order chi connectivity index (χ0) is 11.8. The minimum Gasteiger partial charge on any atom is -0.851 e. The van der Waals surface area contributed by atoms with E-state index in [-0.39, 0.29) is 25.5 Å². The molecule has 0 saturated carbocycles. The molecule has 0 spiro atoms. The fourth-order valence-corrected chi connectivity index (χ4v) is 2.44. The molecule has 2 heteroatoms. The first-order valence-corrected chi connectivity index (χ1v) is 5.78. The molecule has 0 saturated heterocycles. The van der Waals surface area contributed by atoms with Crippen molar-refractivity contribution in [2.75, 3.05) is 0 Å². The summed E-state index contributed by atoms with van der Waals surface area (Å²) < 4.78 is 0. The molecule has 84 valence electrons. The van der Waals surface area contributed by atoms with Crippen LogP contribution in [-0.4, -0.2) is 0 Å². The van der Waals surface area contributed by atoms with Crippen molar-refractivity contribution in [3.8, 4) is 0 Å². The van der Waals surface area contributed by atoms with Crippen LogP contribution >= 0.6 is 0 Å². The maximum absolute atomic E-state index is 11.4. The number of hydrogen-bond acceptors (Lipinski definition) is 1. The van der Waals surface area contributed by atoms with Gasteiger partial charge in [-0.05, 0) is 40.1 Å². The average Bonchev–Trinajstić information content (AvgIpc) is 2.35. The summed E-state index contributed by atoms with van der Waals surface area (Å²) in [5.41, 5.74) is 2.14. The molecule has 3 aromatic carbocycles. The quantitative estimate of drug-likeness (QED) is 0.430. The van der Waals surface area contributed by atoms with E-state index in [1.54, 1.807) is 0 Å². The van der Waals surface area contributed by atoms with Gasteiger partial charge in [-0.3, -0.25) is 0 Å². The summed E-state index contributed by atoms with van der Waals surface area (Å²) in [5, 5.41) is 15.9. The van der Waals surface area contributed by atoms with Crippen molar-refractivity contribution in [1.82, 2.24) is 0 Å². The summed E-state index contributed by atoms with van der Waals surface area (Å²) in [6, 6.07) is 16.5. The SMILES string of the molecule is Cc1ccc2c(C[O-])c3ccccc3cc2c1.[Li+]. The van der Waals surface area contributed by atoms with Gasteiger partial charge in [-0.1, -0.05) is 48.0 Å². The van der Waals surface area contributed by atoms with E-state index in [2.05, 4.69) is 37.3 Å². The molecule has 0 aliphatic heterocycles. The second-order valence-corrected chi connectivity index (χ2v) is 4.45. The number of aryl methyl sites for hydroxylation is 1. The minimum atomic E-state index is -0.166. The van der Waals surface area contributed by atoms with Crippen LogP contribution in [0.5, 0.6) is 0 Å². The zero-order valence-electron chi connectivity index (χ0n) is 10.7. The van der Waals surface area contributed by atoms with Gasteiger partial charge in [0.05, 0.1) is 0 Å². The molecule has 3 rings (SSSR count). The molecule has 0 atom stereocenters. The van der Waals surface area contributed by atoms with Gasteiger partial charge >= 0.3 is 18.9 Å². The largest absolute Gasteiger partial charge is 1.00 e. The van der Waals surface area contributed by atoms with Crippen LogP contribution in [0.15, 0.2) is 48.5 Å². The number of benzene rings is 3. The van der Waals surface area contributed by atoms with Crippen LogP contribution in [0, 0.1) is 6.92 Å². The molecule has 0 aromatic heterocycles. The summed E-state index contributed by atoms with van der Waals surface area (Å²) in [7, 11) is 0. The number of fused-ring (bicyclic) bond motifs is 2. The Balaban J connectivity index is 0.00000120. The molecule has 0 bridgehead atoms. The van der Waals surface area contributed by atoms with Gasteiger partial charge in [0.2, 0.25) is 0 Å². The van der Waals surface area contributed by atoms with E-state index >= 15 is 0 Å². The molecule has 1 nitrogen and oxygen atoms in total. The molecule has 0 heterocycles. The first-order valence-electron chi connectivity index (χ1n) is 5.78. The standard InChI is InChI=1S/C16H13O.Li/c1-11-6-7-15-13(8-11)9-12-4-2-3-5-14(12)16(15)10-17;/h2-9H,10H2,1H3;/q-1;+1. The third-order valence-corrected chi connectivity index (χ3v) is 3.27. The van der Waals surface area contributed by atoms with E-state index in [4.69, 9.17) is 0 Å². The first-order chi connectivity index (χ1) is 8.29. The van der Waals surface area contributed by atoms with Crippen molar-refractivity contribution in [3.05, 3.63) is 59.7 Å². The molecule has 0 fully saturated rings. The molecule has 18 heavy (non-hydrogen) atoms. The smallest absolute Gasteiger partial charge is 0.851 e. The Morgan fingerprint density at radius 2 is 1.61 bits per heavy atom. The molecule has 0 radical (unpaired) electrons. The van der Waals surface area contributed by atoms with Crippen LogP contribution in [0.4, 0.5) is 0 Å². The van der Waals surface area contributed by atoms with Gasteiger partial charge in [-0.15, -0.1) is 6.61 Å². The van der Waals surface area contributed by atoms with Crippen molar-refractivity contribution in [2.45, 2.75) is 13.5 Å². The molecule has 0 aliphatic rings. The van der Waals surface area contributed by atoms with Gasteiger partial charge in [-0.25, -0.2) is 0 Å². The van der Waals surface area contributed by atoms with E-state index in [1.165, 1.54) is 5.56 Å². The Morgan fingerprint density at radius 1 is 0.889 bits per heavy atom. The molecular formula is C16H13LiO. The number of rotatable bonds is 1. The van der Waals surface area contributed by atoms with E-state index < -0.39 is 0 Å². The van der Waals surface area contributed by atoms with Crippen LogP contribution in [0.3, 0.4) is 0 Å². The van der Waals surface area contributed by atoms with Crippen molar-refractivity contribution < 1.29 is 24.0 Å². The maximum atomic E-state index is 11.4. The molecule has 3 aromatic rings. The van der Waals surface area contributed by atoms with E-state index in [1.807, 2.05) is 18.2 Å². The van der Waals surface area contributed by atoms with Crippen LogP contribution in [0.25, 0.3) is 21.5 Å². The van der Waals surface area contributed by atoms with E-state index in [0.717, 1.165) is 27.1 Å². The van der Waals surface area contributed by atoms with Crippen LogP contribution < -0.4 is 24.0 Å². The Hall–Kier alpha value is -1.26. The first kappa shape index (κ1) is 13.2. The van der Waals surface area contributed by atoms with Crippen LogP contribution in [-0.2, 0) is 6.61 Å². The zero-order valence-corrected chi connectivity index (χ0v) is 10.7. The summed E-state index contributed by atoms with van der Waals surface area (Å²) in [4.78, 5) is 0. The van der Waals surface area contributed by atoms with Crippen molar-refractivity contribution in [2.24, 2.45) is 0 Å². The fourth-order valence-electron chi connectivity index (χ4n) is 2.44. The van der Waals surface area contributed by atoms with Crippen LogP contribution in [0.2, 0.25) is 0 Å². The Bertz CT molecular complexity index is 704. The summed E-state index contributed by atoms with van der Waals surface area (Å²) >= 11 is 0. The second kappa shape index (κ2) is 5.16. The van der Waals surface area contributed by atoms with Gasteiger partial charge in [-0.2, -0.15) is 0 Å². The predicted molar refractivity (Wildman–Crippen MR) is 69.9 cm³/mol. The van der Waals surface area contributed by atoms with Crippen LogP contribution in [0.1, 0.15) is 11.1 Å². The van der Waals surface area contributed by atoms with Gasteiger partial charge in [0.1, 0.15) is 0 Å². The second-order valence-electron chi connectivity index (χ2n) is 4.45. The molecule has 0 unspecified atom stereocenters. The third kappa shape index (κ3) is 2.06. The summed E-state index contributed by atoms with van der Waals surface area (Å²) in [5.74, 6) is 0. The summed E-state index contributed by atoms with van der Waals surface area (Å²) in [6.07, 6.45) is 0. The minimum absolute atomic E-state index is 0. The van der Waals surface area contributed by atoms with E-state index in [9.17, 15) is 5.11 Å². The summed E-state index contributed by atoms with van der Waals surface area (Å²) in [6.45, 7) is 1.91.